The number of urea groups is 1. The summed E-state index contributed by atoms with van der Waals surface area (Å²) in [5.74, 6) is 0.459. The Hall–Kier alpha value is -1.10. The van der Waals surface area contributed by atoms with E-state index in [-0.39, 0.29) is 17.9 Å². The van der Waals surface area contributed by atoms with E-state index < -0.39 is 0 Å². The molecule has 23 heavy (non-hydrogen) atoms. The van der Waals surface area contributed by atoms with E-state index in [9.17, 15) is 9.59 Å². The van der Waals surface area contributed by atoms with Crippen LogP contribution in [0.1, 0.15) is 59.3 Å². The molecule has 0 saturated carbocycles. The molecule has 1 fully saturated rings. The van der Waals surface area contributed by atoms with Gasteiger partial charge in [0.15, 0.2) is 0 Å². The fourth-order valence-electron chi connectivity index (χ4n) is 3.16. The number of nitrogens with one attached hydrogen (secondary N) is 1. The zero-order valence-electron chi connectivity index (χ0n) is 15.6. The Morgan fingerprint density at radius 3 is 2.22 bits per heavy atom. The molecule has 0 aromatic carbocycles. The van der Waals surface area contributed by atoms with Crippen LogP contribution >= 0.6 is 0 Å². The van der Waals surface area contributed by atoms with Gasteiger partial charge in [-0.3, -0.25) is 10.1 Å². The van der Waals surface area contributed by atoms with Gasteiger partial charge in [0.2, 0.25) is 5.91 Å². The number of hydrogen-bond acceptors (Lipinski definition) is 3. The van der Waals surface area contributed by atoms with Gasteiger partial charge in [0, 0.05) is 25.0 Å². The first-order valence-electron chi connectivity index (χ1n) is 9.11. The highest BCUT2D eigenvalue weighted by Crippen LogP contribution is 2.18. The summed E-state index contributed by atoms with van der Waals surface area (Å²) in [4.78, 5) is 28.7. The molecule has 0 bridgehead atoms. The highest BCUT2D eigenvalue weighted by atomic mass is 16.2. The average Bonchev–Trinajstić information content (AvgIpc) is 2.51. The van der Waals surface area contributed by atoms with Crippen molar-refractivity contribution in [2.45, 2.75) is 65.3 Å². The summed E-state index contributed by atoms with van der Waals surface area (Å²) < 4.78 is 0. The molecule has 0 aliphatic carbocycles. The van der Waals surface area contributed by atoms with Crippen molar-refractivity contribution in [3.63, 3.8) is 0 Å². The van der Waals surface area contributed by atoms with E-state index in [4.69, 9.17) is 0 Å². The first-order chi connectivity index (χ1) is 10.8. The van der Waals surface area contributed by atoms with Crippen LogP contribution in [0.4, 0.5) is 4.79 Å². The molecule has 1 aliphatic rings. The van der Waals surface area contributed by atoms with Gasteiger partial charge < -0.3 is 9.80 Å². The Balaban J connectivity index is 2.46. The lowest BCUT2D eigenvalue weighted by molar-refractivity contribution is -0.124. The third kappa shape index (κ3) is 6.90. The molecule has 5 heteroatoms. The van der Waals surface area contributed by atoms with Gasteiger partial charge in [-0.1, -0.05) is 33.6 Å². The zero-order valence-corrected chi connectivity index (χ0v) is 15.6. The van der Waals surface area contributed by atoms with E-state index in [1.165, 1.54) is 0 Å². The summed E-state index contributed by atoms with van der Waals surface area (Å²) in [6.45, 7) is 7.88. The Morgan fingerprint density at radius 2 is 1.74 bits per heavy atom. The van der Waals surface area contributed by atoms with Crippen molar-refractivity contribution in [2.75, 3.05) is 27.2 Å². The van der Waals surface area contributed by atoms with E-state index in [0.29, 0.717) is 12.0 Å². The van der Waals surface area contributed by atoms with Gasteiger partial charge in [0.05, 0.1) is 0 Å². The maximum absolute atomic E-state index is 12.4. The number of carbonyl (C=O) groups excluding carboxylic acids is 2. The number of carbonyl (C=O) groups is 2. The van der Waals surface area contributed by atoms with Crippen molar-refractivity contribution < 1.29 is 9.59 Å². The van der Waals surface area contributed by atoms with Crippen molar-refractivity contribution in [1.29, 1.82) is 0 Å². The van der Waals surface area contributed by atoms with Crippen molar-refractivity contribution in [3.05, 3.63) is 0 Å². The second kappa shape index (κ2) is 9.91. The van der Waals surface area contributed by atoms with Crippen LogP contribution in [0.2, 0.25) is 0 Å². The molecule has 1 aliphatic heterocycles. The van der Waals surface area contributed by atoms with E-state index in [0.717, 1.165) is 51.6 Å². The lowest BCUT2D eigenvalue weighted by Gasteiger charge is -2.35. The van der Waals surface area contributed by atoms with Gasteiger partial charge in [-0.05, 0) is 45.7 Å². The van der Waals surface area contributed by atoms with Crippen LogP contribution in [0.3, 0.4) is 0 Å². The van der Waals surface area contributed by atoms with Gasteiger partial charge in [0.1, 0.15) is 0 Å². The second-order valence-corrected chi connectivity index (χ2v) is 7.43. The molecule has 1 N–H and O–H groups in total. The fourth-order valence-corrected chi connectivity index (χ4v) is 3.16. The van der Waals surface area contributed by atoms with Gasteiger partial charge in [-0.2, -0.15) is 0 Å². The molecule has 0 aromatic heterocycles. The standard InChI is InChI=1S/C18H35N3O2/c1-6-7-15(9-8-14(2)3)17(22)19-18(23)21-12-10-16(11-13-21)20(4)5/h14-16H,6-13H2,1-5H3,(H,19,22,23)/t15-/m0/s1. The summed E-state index contributed by atoms with van der Waals surface area (Å²) in [7, 11) is 4.15. The van der Waals surface area contributed by atoms with Gasteiger partial charge in [-0.25, -0.2) is 4.79 Å². The third-order valence-electron chi connectivity index (χ3n) is 4.81. The zero-order chi connectivity index (χ0) is 17.4. The first-order valence-corrected chi connectivity index (χ1v) is 9.11. The summed E-state index contributed by atoms with van der Waals surface area (Å²) in [5, 5.41) is 2.64. The molecular formula is C18H35N3O2. The molecule has 1 saturated heterocycles. The summed E-state index contributed by atoms with van der Waals surface area (Å²) >= 11 is 0. The summed E-state index contributed by atoms with van der Waals surface area (Å²) in [5.41, 5.74) is 0. The predicted octanol–water partition coefficient (Wildman–Crippen LogP) is 3.10. The normalized spacial score (nSPS) is 17.6. The van der Waals surface area contributed by atoms with Crippen LogP contribution in [0.5, 0.6) is 0 Å². The third-order valence-corrected chi connectivity index (χ3v) is 4.81. The van der Waals surface area contributed by atoms with E-state index in [1.54, 1.807) is 4.90 Å². The Morgan fingerprint density at radius 1 is 1.13 bits per heavy atom. The minimum Gasteiger partial charge on any atom is -0.324 e. The maximum atomic E-state index is 12.4. The largest absolute Gasteiger partial charge is 0.324 e. The molecule has 1 rings (SSSR count). The predicted molar refractivity (Wildman–Crippen MR) is 94.3 cm³/mol. The molecule has 0 unspecified atom stereocenters. The molecule has 0 aromatic rings. The van der Waals surface area contributed by atoms with E-state index in [2.05, 4.69) is 45.1 Å². The summed E-state index contributed by atoms with van der Waals surface area (Å²) in [6, 6.07) is 0.325. The molecule has 1 heterocycles. The number of amides is 3. The number of likely N-dealkylation sites (tertiary alicyclic amines) is 1. The Labute approximate surface area is 141 Å². The number of rotatable bonds is 7. The quantitative estimate of drug-likeness (QED) is 0.782. The number of imide groups is 1. The highest BCUT2D eigenvalue weighted by Gasteiger charge is 2.26. The molecule has 0 radical (unpaired) electrons. The van der Waals surface area contributed by atoms with E-state index in [1.807, 2.05) is 0 Å². The minimum absolute atomic E-state index is 0.0364. The average molecular weight is 325 g/mol. The van der Waals surface area contributed by atoms with Crippen LogP contribution in [-0.4, -0.2) is 55.0 Å². The SMILES string of the molecule is CCC[C@@H](CCC(C)C)C(=O)NC(=O)N1CCC(N(C)C)CC1. The van der Waals surface area contributed by atoms with Crippen molar-refractivity contribution in [2.24, 2.45) is 11.8 Å². The Kier molecular flexibility index (Phi) is 8.59. The maximum Gasteiger partial charge on any atom is 0.324 e. The molecule has 3 amide bonds. The Bertz CT molecular complexity index is 374. The second-order valence-electron chi connectivity index (χ2n) is 7.43. The summed E-state index contributed by atoms with van der Waals surface area (Å²) in [6.07, 6.45) is 5.67. The lowest BCUT2D eigenvalue weighted by Crippen LogP contribution is -2.50. The van der Waals surface area contributed by atoms with Crippen molar-refractivity contribution in [1.82, 2.24) is 15.1 Å². The van der Waals surface area contributed by atoms with Crippen LogP contribution in [0.15, 0.2) is 0 Å². The van der Waals surface area contributed by atoms with Gasteiger partial charge in [-0.15, -0.1) is 0 Å². The van der Waals surface area contributed by atoms with Crippen LogP contribution in [-0.2, 0) is 4.79 Å². The topological polar surface area (TPSA) is 52.7 Å². The van der Waals surface area contributed by atoms with Gasteiger partial charge in [0.25, 0.3) is 0 Å². The van der Waals surface area contributed by atoms with Crippen LogP contribution in [0, 0.1) is 11.8 Å². The molecule has 0 spiro atoms. The smallest absolute Gasteiger partial charge is 0.324 e. The minimum atomic E-state index is -0.210. The first kappa shape index (κ1) is 19.9. The number of nitrogens with zero attached hydrogens (tertiary/aromatic N) is 2. The molecule has 5 nitrogen and oxygen atoms in total. The molecular weight excluding hydrogens is 290 g/mol. The number of piperidine rings is 1. The molecule has 1 atom stereocenters. The highest BCUT2D eigenvalue weighted by molar-refractivity contribution is 5.95. The lowest BCUT2D eigenvalue weighted by atomic mass is 9.93. The fraction of sp³-hybridized carbons (Fsp3) is 0.889. The number of hydrogen-bond donors (Lipinski definition) is 1. The van der Waals surface area contributed by atoms with Gasteiger partial charge >= 0.3 is 6.03 Å². The van der Waals surface area contributed by atoms with Crippen LogP contribution < -0.4 is 5.32 Å². The van der Waals surface area contributed by atoms with Crippen molar-refractivity contribution in [3.8, 4) is 0 Å². The van der Waals surface area contributed by atoms with Crippen LogP contribution in [0.25, 0.3) is 0 Å². The van der Waals surface area contributed by atoms with Crippen molar-refractivity contribution >= 4 is 11.9 Å². The molecule has 134 valence electrons. The van der Waals surface area contributed by atoms with E-state index >= 15 is 0 Å². The monoisotopic (exact) mass is 325 g/mol.